The number of halogens is 2. The lowest BCUT2D eigenvalue weighted by Gasteiger charge is -2.36. The Labute approximate surface area is 152 Å². The maximum absolute atomic E-state index is 12.6. The van der Waals surface area contributed by atoms with Crippen LogP contribution in [-0.2, 0) is 19.6 Å². The van der Waals surface area contributed by atoms with Crippen molar-refractivity contribution in [1.29, 1.82) is 0 Å². The first-order valence-electron chi connectivity index (χ1n) is 7.46. The Hall–Kier alpha value is -0.860. The molecule has 24 heavy (non-hydrogen) atoms. The summed E-state index contributed by atoms with van der Waals surface area (Å²) in [6.07, 6.45) is -0.163. The number of sulfonamides is 1. The molecule has 1 heterocycles. The van der Waals surface area contributed by atoms with Crippen LogP contribution in [0.25, 0.3) is 0 Å². The van der Waals surface area contributed by atoms with Gasteiger partial charge < -0.3 is 9.64 Å². The van der Waals surface area contributed by atoms with Gasteiger partial charge in [-0.25, -0.2) is 8.42 Å². The second-order valence-corrected chi connectivity index (χ2v) is 8.75. The van der Waals surface area contributed by atoms with E-state index in [0.717, 1.165) is 4.31 Å². The molecule has 2 atom stereocenters. The molecule has 9 heteroatoms. The Morgan fingerprint density at radius 3 is 2.46 bits per heavy atom. The number of morpholine rings is 1. The number of hydrogen-bond acceptors (Lipinski definition) is 4. The fraction of sp³-hybridized carbons (Fsp3) is 0.533. The average Bonchev–Trinajstić information content (AvgIpc) is 2.48. The second kappa shape index (κ2) is 7.58. The van der Waals surface area contributed by atoms with E-state index in [1.165, 1.54) is 25.2 Å². The van der Waals surface area contributed by atoms with Gasteiger partial charge in [0, 0.05) is 25.2 Å². The smallest absolute Gasteiger partial charge is 0.244 e. The van der Waals surface area contributed by atoms with Crippen molar-refractivity contribution >= 4 is 39.1 Å². The first-order chi connectivity index (χ1) is 11.1. The van der Waals surface area contributed by atoms with E-state index in [1.807, 2.05) is 13.8 Å². The van der Waals surface area contributed by atoms with Crippen molar-refractivity contribution in [2.75, 3.05) is 26.7 Å². The second-order valence-electron chi connectivity index (χ2n) is 5.89. The van der Waals surface area contributed by atoms with Crippen LogP contribution in [0.3, 0.4) is 0 Å². The van der Waals surface area contributed by atoms with Gasteiger partial charge in [-0.3, -0.25) is 4.79 Å². The first kappa shape index (κ1) is 19.5. The summed E-state index contributed by atoms with van der Waals surface area (Å²) in [5.41, 5.74) is 0. The van der Waals surface area contributed by atoms with Gasteiger partial charge in [0.1, 0.15) is 4.90 Å². The third-order valence-corrected chi connectivity index (χ3v) is 6.23. The fourth-order valence-corrected chi connectivity index (χ4v) is 4.45. The number of rotatable bonds is 4. The van der Waals surface area contributed by atoms with Crippen LogP contribution in [-0.4, -0.2) is 62.4 Å². The minimum atomic E-state index is -3.91. The SMILES string of the molecule is C[C@@H]1CN(C(=O)CN(C)S(=O)(=O)c2cc(Cl)ccc2Cl)C[C@H](C)O1. The summed E-state index contributed by atoms with van der Waals surface area (Å²) in [5.74, 6) is -0.277. The van der Waals surface area contributed by atoms with Crippen molar-refractivity contribution < 1.29 is 17.9 Å². The lowest BCUT2D eigenvalue weighted by Crippen LogP contribution is -2.51. The highest BCUT2D eigenvalue weighted by Crippen LogP contribution is 2.27. The molecule has 1 aliphatic heterocycles. The van der Waals surface area contributed by atoms with Gasteiger partial charge >= 0.3 is 0 Å². The molecule has 0 unspecified atom stereocenters. The molecule has 0 bridgehead atoms. The van der Waals surface area contributed by atoms with Crippen LogP contribution in [0.1, 0.15) is 13.8 Å². The molecule has 2 rings (SSSR count). The van der Waals surface area contributed by atoms with Crippen LogP contribution in [0.2, 0.25) is 10.0 Å². The van der Waals surface area contributed by atoms with Gasteiger partial charge in [0.15, 0.2) is 0 Å². The van der Waals surface area contributed by atoms with Crippen LogP contribution in [0, 0.1) is 0 Å². The number of nitrogens with zero attached hydrogens (tertiary/aromatic N) is 2. The first-order valence-corrected chi connectivity index (χ1v) is 9.65. The maximum atomic E-state index is 12.6. The van der Waals surface area contributed by atoms with Crippen LogP contribution in [0.15, 0.2) is 23.1 Å². The Morgan fingerprint density at radius 1 is 1.29 bits per heavy atom. The molecule has 134 valence electrons. The lowest BCUT2D eigenvalue weighted by atomic mass is 10.2. The van der Waals surface area contributed by atoms with E-state index in [0.29, 0.717) is 13.1 Å². The standard InChI is InChI=1S/C15H20Cl2N2O4S/c1-10-7-19(8-11(2)23-10)15(20)9-18(3)24(21,22)14-6-12(16)4-5-13(14)17/h4-6,10-11H,7-9H2,1-3H3/t10-,11+. The molecule has 1 aliphatic rings. The molecule has 1 fully saturated rings. The van der Waals surface area contributed by atoms with Gasteiger partial charge in [0.2, 0.25) is 15.9 Å². The van der Waals surface area contributed by atoms with Gasteiger partial charge in [-0.2, -0.15) is 4.31 Å². The predicted molar refractivity (Wildman–Crippen MR) is 92.9 cm³/mol. The number of carbonyl (C=O) groups is 1. The molecule has 1 amide bonds. The van der Waals surface area contributed by atoms with E-state index in [2.05, 4.69) is 0 Å². The van der Waals surface area contributed by atoms with Crippen molar-refractivity contribution in [2.45, 2.75) is 31.0 Å². The highest BCUT2D eigenvalue weighted by Gasteiger charge is 2.30. The zero-order valence-corrected chi connectivity index (χ0v) is 16.0. The molecule has 1 aromatic rings. The van der Waals surface area contributed by atoms with Crippen molar-refractivity contribution in [3.63, 3.8) is 0 Å². The zero-order chi connectivity index (χ0) is 18.1. The van der Waals surface area contributed by atoms with E-state index in [9.17, 15) is 13.2 Å². The third-order valence-electron chi connectivity index (χ3n) is 3.71. The van der Waals surface area contributed by atoms with E-state index in [-0.39, 0.29) is 39.6 Å². The van der Waals surface area contributed by atoms with Gasteiger partial charge in [0.25, 0.3) is 0 Å². The number of amides is 1. The van der Waals surface area contributed by atoms with E-state index in [4.69, 9.17) is 27.9 Å². The molecule has 6 nitrogen and oxygen atoms in total. The minimum absolute atomic E-state index is 0.0623. The van der Waals surface area contributed by atoms with Crippen molar-refractivity contribution in [3.05, 3.63) is 28.2 Å². The van der Waals surface area contributed by atoms with Crippen LogP contribution in [0.4, 0.5) is 0 Å². The maximum Gasteiger partial charge on any atom is 0.244 e. The number of benzene rings is 1. The lowest BCUT2D eigenvalue weighted by molar-refractivity contribution is -0.143. The van der Waals surface area contributed by atoms with Crippen molar-refractivity contribution in [3.8, 4) is 0 Å². The predicted octanol–water partition coefficient (Wildman–Crippen LogP) is 2.25. The number of hydrogen-bond donors (Lipinski definition) is 0. The molecule has 1 saturated heterocycles. The highest BCUT2D eigenvalue weighted by atomic mass is 35.5. The fourth-order valence-electron chi connectivity index (χ4n) is 2.60. The quantitative estimate of drug-likeness (QED) is 0.785. The minimum Gasteiger partial charge on any atom is -0.372 e. The summed E-state index contributed by atoms with van der Waals surface area (Å²) in [6.45, 7) is 4.36. The Balaban J connectivity index is 2.14. The molecule has 0 spiro atoms. The molecule has 0 N–H and O–H groups in total. The van der Waals surface area contributed by atoms with Crippen LogP contribution < -0.4 is 0 Å². The summed E-state index contributed by atoms with van der Waals surface area (Å²) < 4.78 is 31.8. The molecule has 0 radical (unpaired) electrons. The normalized spacial score (nSPS) is 22.0. The van der Waals surface area contributed by atoms with Gasteiger partial charge in [-0.15, -0.1) is 0 Å². The summed E-state index contributed by atoms with van der Waals surface area (Å²) >= 11 is 11.8. The van der Waals surface area contributed by atoms with Crippen molar-refractivity contribution in [2.24, 2.45) is 0 Å². The molecule has 0 saturated carbocycles. The molecule has 0 aliphatic carbocycles. The average molecular weight is 395 g/mol. The Kier molecular flexibility index (Phi) is 6.14. The highest BCUT2D eigenvalue weighted by molar-refractivity contribution is 7.89. The molecular weight excluding hydrogens is 375 g/mol. The summed E-state index contributed by atoms with van der Waals surface area (Å²) in [6, 6.07) is 4.20. The number of carbonyl (C=O) groups excluding carboxylic acids is 1. The number of likely N-dealkylation sites (N-methyl/N-ethyl adjacent to an activating group) is 1. The van der Waals surface area contributed by atoms with Gasteiger partial charge in [-0.05, 0) is 32.0 Å². The Bertz CT molecular complexity index is 716. The third kappa shape index (κ3) is 4.40. The van der Waals surface area contributed by atoms with E-state index < -0.39 is 10.0 Å². The topological polar surface area (TPSA) is 66.9 Å². The monoisotopic (exact) mass is 394 g/mol. The van der Waals surface area contributed by atoms with Gasteiger partial charge in [0.05, 0.1) is 23.8 Å². The van der Waals surface area contributed by atoms with Gasteiger partial charge in [-0.1, -0.05) is 23.2 Å². The zero-order valence-electron chi connectivity index (χ0n) is 13.7. The van der Waals surface area contributed by atoms with E-state index >= 15 is 0 Å². The molecule has 1 aromatic carbocycles. The molecular formula is C15H20Cl2N2O4S. The largest absolute Gasteiger partial charge is 0.372 e. The van der Waals surface area contributed by atoms with Crippen LogP contribution >= 0.6 is 23.2 Å². The summed E-state index contributed by atoms with van der Waals surface area (Å²) in [4.78, 5) is 13.9. The molecule has 0 aromatic heterocycles. The van der Waals surface area contributed by atoms with Crippen LogP contribution in [0.5, 0.6) is 0 Å². The summed E-state index contributed by atoms with van der Waals surface area (Å²) in [5, 5.41) is 0.320. The van der Waals surface area contributed by atoms with Crippen molar-refractivity contribution in [1.82, 2.24) is 9.21 Å². The summed E-state index contributed by atoms with van der Waals surface area (Å²) in [7, 11) is -2.57. The van der Waals surface area contributed by atoms with E-state index in [1.54, 1.807) is 4.90 Å². The number of ether oxygens (including phenoxy) is 1. The Morgan fingerprint density at radius 2 is 1.88 bits per heavy atom.